The Balaban J connectivity index is 2.44. The summed E-state index contributed by atoms with van der Waals surface area (Å²) >= 11 is 2.14. The molecule has 0 unspecified atom stereocenters. The first-order valence-corrected chi connectivity index (χ1v) is 6.19. The molecule has 2 aromatic rings. The van der Waals surface area contributed by atoms with Gasteiger partial charge in [0.05, 0.1) is 17.4 Å². The maximum absolute atomic E-state index is 11.9. The number of benzene rings is 1. The number of halogens is 1. The van der Waals surface area contributed by atoms with E-state index in [0.717, 1.165) is 9.39 Å². The van der Waals surface area contributed by atoms with Crippen LogP contribution in [0.15, 0.2) is 36.5 Å². The van der Waals surface area contributed by atoms with Gasteiger partial charge in [-0.25, -0.2) is 4.68 Å². The van der Waals surface area contributed by atoms with Crippen LogP contribution in [0.3, 0.4) is 0 Å². The molecule has 0 radical (unpaired) electrons. The fraction of sp³-hybridized carbons (Fsp3) is 0.167. The van der Waals surface area contributed by atoms with Crippen molar-refractivity contribution in [3.63, 3.8) is 0 Å². The number of nitrogens with zero attached hydrogens (tertiary/aromatic N) is 3. The molecule has 0 saturated carbocycles. The van der Waals surface area contributed by atoms with Gasteiger partial charge in [0.15, 0.2) is 0 Å². The van der Waals surface area contributed by atoms with Crippen LogP contribution in [0.4, 0.5) is 0 Å². The molecule has 5 heteroatoms. The number of amides is 1. The molecular weight excluding hydrogens is 329 g/mol. The van der Waals surface area contributed by atoms with Crippen molar-refractivity contribution >= 4 is 28.5 Å². The number of rotatable bonds is 2. The van der Waals surface area contributed by atoms with Gasteiger partial charge in [0, 0.05) is 14.1 Å². The molecule has 0 aliphatic carbocycles. The van der Waals surface area contributed by atoms with Crippen LogP contribution in [0, 0.1) is 3.70 Å². The first kappa shape index (κ1) is 12.1. The summed E-state index contributed by atoms with van der Waals surface area (Å²) in [6.07, 6.45) is 1.61. The zero-order valence-electron chi connectivity index (χ0n) is 9.59. The Kier molecular flexibility index (Phi) is 3.46. The second kappa shape index (κ2) is 4.87. The van der Waals surface area contributed by atoms with Crippen LogP contribution >= 0.6 is 22.6 Å². The van der Waals surface area contributed by atoms with Crippen LogP contribution in [0.1, 0.15) is 10.4 Å². The topological polar surface area (TPSA) is 38.1 Å². The van der Waals surface area contributed by atoms with Crippen molar-refractivity contribution in [2.24, 2.45) is 0 Å². The summed E-state index contributed by atoms with van der Waals surface area (Å²) in [6.45, 7) is 0. The Labute approximate surface area is 113 Å². The Morgan fingerprint density at radius 2 is 1.94 bits per heavy atom. The third-order valence-electron chi connectivity index (χ3n) is 2.35. The van der Waals surface area contributed by atoms with Crippen molar-refractivity contribution in [3.05, 3.63) is 45.8 Å². The van der Waals surface area contributed by atoms with Gasteiger partial charge in [-0.05, 0) is 34.7 Å². The van der Waals surface area contributed by atoms with E-state index in [2.05, 4.69) is 27.7 Å². The lowest BCUT2D eigenvalue weighted by Gasteiger charge is -2.09. The van der Waals surface area contributed by atoms with E-state index >= 15 is 0 Å². The summed E-state index contributed by atoms with van der Waals surface area (Å²) in [5.41, 5.74) is 1.58. The van der Waals surface area contributed by atoms with Crippen LogP contribution in [-0.4, -0.2) is 34.7 Å². The van der Waals surface area contributed by atoms with E-state index in [-0.39, 0.29) is 5.91 Å². The second-order valence-electron chi connectivity index (χ2n) is 3.80. The maximum Gasteiger partial charge on any atom is 0.257 e. The Morgan fingerprint density at radius 3 is 2.53 bits per heavy atom. The van der Waals surface area contributed by atoms with Crippen LogP contribution in [0.5, 0.6) is 0 Å². The molecule has 1 aromatic heterocycles. The van der Waals surface area contributed by atoms with Gasteiger partial charge in [0.25, 0.3) is 5.91 Å². The van der Waals surface area contributed by atoms with Gasteiger partial charge in [-0.3, -0.25) is 4.79 Å². The molecule has 0 bridgehead atoms. The second-order valence-corrected chi connectivity index (χ2v) is 4.82. The first-order valence-electron chi connectivity index (χ1n) is 5.12. The molecule has 0 aliphatic heterocycles. The molecule has 1 amide bonds. The molecule has 0 fully saturated rings. The first-order chi connectivity index (χ1) is 8.11. The predicted molar refractivity (Wildman–Crippen MR) is 74.3 cm³/mol. The molecule has 0 spiro atoms. The van der Waals surface area contributed by atoms with Crippen LogP contribution in [0.2, 0.25) is 0 Å². The standard InChI is InChI=1S/C12H12IN3O/c1-15(2)12(17)10-8-14-16(11(10)13)9-6-4-3-5-7-9/h3-8H,1-2H3. The Hall–Kier alpha value is -1.37. The highest BCUT2D eigenvalue weighted by Crippen LogP contribution is 2.17. The molecule has 0 saturated heterocycles. The quantitative estimate of drug-likeness (QED) is 0.786. The molecule has 0 aliphatic rings. The normalized spacial score (nSPS) is 10.3. The summed E-state index contributed by atoms with van der Waals surface area (Å²) in [5.74, 6) is -0.0309. The van der Waals surface area contributed by atoms with Gasteiger partial charge in [-0.15, -0.1) is 0 Å². The van der Waals surface area contributed by atoms with Crippen molar-refractivity contribution in [2.75, 3.05) is 14.1 Å². The Bertz CT molecular complexity index is 534. The number of para-hydroxylation sites is 1. The molecular formula is C12H12IN3O. The summed E-state index contributed by atoms with van der Waals surface area (Å²) in [6, 6.07) is 9.75. The largest absolute Gasteiger partial charge is 0.345 e. The number of hydrogen-bond donors (Lipinski definition) is 0. The summed E-state index contributed by atoms with van der Waals surface area (Å²) in [7, 11) is 3.47. The van der Waals surface area contributed by atoms with Crippen molar-refractivity contribution < 1.29 is 4.79 Å². The third kappa shape index (κ3) is 2.33. The molecule has 17 heavy (non-hydrogen) atoms. The summed E-state index contributed by atoms with van der Waals surface area (Å²) < 4.78 is 2.59. The molecule has 1 aromatic carbocycles. The Morgan fingerprint density at radius 1 is 1.29 bits per heavy atom. The number of carbonyl (C=O) groups is 1. The lowest BCUT2D eigenvalue weighted by Crippen LogP contribution is -2.22. The highest BCUT2D eigenvalue weighted by molar-refractivity contribution is 14.1. The minimum atomic E-state index is -0.0309. The fourth-order valence-corrected chi connectivity index (χ4v) is 2.24. The molecule has 2 rings (SSSR count). The van der Waals surface area contributed by atoms with Crippen molar-refractivity contribution in [3.8, 4) is 5.69 Å². The molecule has 88 valence electrons. The maximum atomic E-state index is 11.9. The van der Waals surface area contributed by atoms with Crippen molar-refractivity contribution in [1.29, 1.82) is 0 Å². The van der Waals surface area contributed by atoms with E-state index in [0.29, 0.717) is 5.56 Å². The van der Waals surface area contributed by atoms with Gasteiger partial charge in [-0.1, -0.05) is 18.2 Å². The minimum absolute atomic E-state index is 0.0309. The lowest BCUT2D eigenvalue weighted by atomic mass is 10.3. The van der Waals surface area contributed by atoms with Crippen LogP contribution in [-0.2, 0) is 0 Å². The highest BCUT2D eigenvalue weighted by atomic mass is 127. The molecule has 0 atom stereocenters. The fourth-order valence-electron chi connectivity index (χ4n) is 1.47. The van der Waals surface area contributed by atoms with Gasteiger partial charge in [0.1, 0.15) is 3.70 Å². The van der Waals surface area contributed by atoms with E-state index in [1.807, 2.05) is 30.3 Å². The van der Waals surface area contributed by atoms with Crippen molar-refractivity contribution in [2.45, 2.75) is 0 Å². The summed E-state index contributed by atoms with van der Waals surface area (Å²) in [4.78, 5) is 13.4. The van der Waals surface area contributed by atoms with E-state index < -0.39 is 0 Å². The van der Waals surface area contributed by atoms with Crippen molar-refractivity contribution in [1.82, 2.24) is 14.7 Å². The molecule has 0 N–H and O–H groups in total. The van der Waals surface area contributed by atoms with E-state index in [9.17, 15) is 4.79 Å². The van der Waals surface area contributed by atoms with E-state index in [4.69, 9.17) is 0 Å². The zero-order chi connectivity index (χ0) is 12.4. The number of carbonyl (C=O) groups excluding carboxylic acids is 1. The third-order valence-corrected chi connectivity index (χ3v) is 3.39. The van der Waals surface area contributed by atoms with Crippen LogP contribution < -0.4 is 0 Å². The van der Waals surface area contributed by atoms with Gasteiger partial charge >= 0.3 is 0 Å². The number of hydrogen-bond acceptors (Lipinski definition) is 2. The monoisotopic (exact) mass is 341 g/mol. The van der Waals surface area contributed by atoms with E-state index in [1.165, 1.54) is 0 Å². The predicted octanol–water partition coefficient (Wildman–Crippen LogP) is 2.18. The average Bonchev–Trinajstić information content (AvgIpc) is 2.71. The molecule has 1 heterocycles. The smallest absolute Gasteiger partial charge is 0.257 e. The average molecular weight is 341 g/mol. The van der Waals surface area contributed by atoms with E-state index in [1.54, 1.807) is 29.9 Å². The zero-order valence-corrected chi connectivity index (χ0v) is 11.7. The van der Waals surface area contributed by atoms with Gasteiger partial charge < -0.3 is 4.90 Å². The highest BCUT2D eigenvalue weighted by Gasteiger charge is 2.17. The van der Waals surface area contributed by atoms with Gasteiger partial charge in [0.2, 0.25) is 0 Å². The SMILES string of the molecule is CN(C)C(=O)c1cnn(-c2ccccc2)c1I. The van der Waals surface area contributed by atoms with Crippen LogP contribution in [0.25, 0.3) is 5.69 Å². The summed E-state index contributed by atoms with van der Waals surface area (Å²) in [5, 5.41) is 4.25. The van der Waals surface area contributed by atoms with Gasteiger partial charge in [-0.2, -0.15) is 5.10 Å². The lowest BCUT2D eigenvalue weighted by molar-refractivity contribution is 0.0826. The molecule has 4 nitrogen and oxygen atoms in total. The number of aromatic nitrogens is 2. The minimum Gasteiger partial charge on any atom is -0.345 e.